The van der Waals surface area contributed by atoms with Gasteiger partial charge in [0.2, 0.25) is 5.88 Å². The van der Waals surface area contributed by atoms with Gasteiger partial charge >= 0.3 is 6.18 Å². The lowest BCUT2D eigenvalue weighted by molar-refractivity contribution is -0.154. The molecule has 0 spiro atoms. The SMILES string of the molecule is CC1CCCC(C)N1C(=O)COc1ccc(C(=O)Nc2ccc(OCC(F)(F)F)nc2)cc1. The maximum absolute atomic E-state index is 12.6. The number of nitrogens with one attached hydrogen (secondary N) is 1. The number of rotatable bonds is 7. The molecule has 1 aromatic heterocycles. The van der Waals surface area contributed by atoms with Crippen molar-refractivity contribution in [2.45, 2.75) is 51.4 Å². The van der Waals surface area contributed by atoms with Crippen LogP contribution in [0.1, 0.15) is 43.5 Å². The first-order chi connectivity index (χ1) is 15.6. The molecule has 2 heterocycles. The molecule has 1 fully saturated rings. The summed E-state index contributed by atoms with van der Waals surface area (Å²) >= 11 is 0. The van der Waals surface area contributed by atoms with Crippen molar-refractivity contribution in [3.8, 4) is 11.6 Å². The molecule has 0 bridgehead atoms. The number of piperidine rings is 1. The minimum absolute atomic E-state index is 0.0633. The Morgan fingerprint density at radius 1 is 1.06 bits per heavy atom. The zero-order chi connectivity index (χ0) is 24.0. The summed E-state index contributed by atoms with van der Waals surface area (Å²) in [6, 6.07) is 9.30. The van der Waals surface area contributed by atoms with Crippen LogP contribution in [0.3, 0.4) is 0 Å². The Morgan fingerprint density at radius 2 is 1.73 bits per heavy atom. The highest BCUT2D eigenvalue weighted by molar-refractivity contribution is 6.04. The molecule has 2 unspecified atom stereocenters. The van der Waals surface area contributed by atoms with Crippen molar-refractivity contribution in [3.05, 3.63) is 48.2 Å². The number of benzene rings is 1. The van der Waals surface area contributed by atoms with Crippen LogP contribution in [0, 0.1) is 0 Å². The second-order valence-electron chi connectivity index (χ2n) is 7.99. The number of ether oxygens (including phenoxy) is 2. The first kappa shape index (κ1) is 24.3. The van der Waals surface area contributed by atoms with Crippen molar-refractivity contribution in [2.75, 3.05) is 18.5 Å². The lowest BCUT2D eigenvalue weighted by Gasteiger charge is -2.38. The molecule has 0 aliphatic carbocycles. The second kappa shape index (κ2) is 10.5. The number of pyridine rings is 1. The van der Waals surface area contributed by atoms with Gasteiger partial charge in [0.1, 0.15) is 5.75 Å². The summed E-state index contributed by atoms with van der Waals surface area (Å²) in [5, 5.41) is 2.60. The first-order valence-corrected chi connectivity index (χ1v) is 10.6. The number of aromatic nitrogens is 1. The standard InChI is InChI=1S/C23H26F3N3O4/c1-15-4-3-5-16(2)29(15)21(30)13-32-19-9-6-17(7-10-19)22(31)28-18-8-11-20(27-12-18)33-14-23(24,25)26/h6-12,15-16H,3-5,13-14H2,1-2H3,(H,28,31). The van der Waals surface area contributed by atoms with E-state index in [-0.39, 0.29) is 30.5 Å². The fourth-order valence-corrected chi connectivity index (χ4v) is 3.73. The molecule has 1 aliphatic heterocycles. The average Bonchev–Trinajstić information content (AvgIpc) is 2.77. The van der Waals surface area contributed by atoms with Gasteiger partial charge in [-0.15, -0.1) is 0 Å². The van der Waals surface area contributed by atoms with Gasteiger partial charge in [-0.05, 0) is 63.4 Å². The number of alkyl halides is 3. The van der Waals surface area contributed by atoms with Gasteiger partial charge in [-0.1, -0.05) is 0 Å². The fourth-order valence-electron chi connectivity index (χ4n) is 3.73. The van der Waals surface area contributed by atoms with Gasteiger partial charge in [0.25, 0.3) is 11.8 Å². The Bertz CT molecular complexity index is 939. The van der Waals surface area contributed by atoms with Gasteiger partial charge in [-0.25, -0.2) is 4.98 Å². The number of hydrogen-bond acceptors (Lipinski definition) is 5. The van der Waals surface area contributed by atoms with E-state index in [1.165, 1.54) is 18.3 Å². The van der Waals surface area contributed by atoms with E-state index in [1.807, 2.05) is 18.7 Å². The van der Waals surface area contributed by atoms with Crippen molar-refractivity contribution in [3.63, 3.8) is 0 Å². The topological polar surface area (TPSA) is 80.8 Å². The van der Waals surface area contributed by atoms with Crippen molar-refractivity contribution >= 4 is 17.5 Å². The molecule has 0 saturated carbocycles. The molecule has 10 heteroatoms. The summed E-state index contributed by atoms with van der Waals surface area (Å²) in [5.41, 5.74) is 0.638. The molecule has 0 radical (unpaired) electrons. The molecule has 1 aromatic carbocycles. The van der Waals surface area contributed by atoms with Crippen LogP contribution >= 0.6 is 0 Å². The predicted octanol–water partition coefficient (Wildman–Crippen LogP) is 4.44. The zero-order valence-corrected chi connectivity index (χ0v) is 18.4. The highest BCUT2D eigenvalue weighted by Crippen LogP contribution is 2.23. The van der Waals surface area contributed by atoms with E-state index in [0.29, 0.717) is 17.0 Å². The van der Waals surface area contributed by atoms with E-state index in [1.54, 1.807) is 24.3 Å². The summed E-state index contributed by atoms with van der Waals surface area (Å²) in [6.07, 6.45) is -0.169. The summed E-state index contributed by atoms with van der Waals surface area (Å²) in [6.45, 7) is 2.57. The maximum Gasteiger partial charge on any atom is 0.422 e. The Hall–Kier alpha value is -3.30. The Labute approximate surface area is 189 Å². The van der Waals surface area contributed by atoms with Gasteiger partial charge in [-0.2, -0.15) is 13.2 Å². The van der Waals surface area contributed by atoms with E-state index < -0.39 is 18.7 Å². The molecule has 1 aliphatic rings. The Balaban J connectivity index is 1.50. The third kappa shape index (κ3) is 7.10. The summed E-state index contributed by atoms with van der Waals surface area (Å²) in [4.78, 5) is 30.6. The molecular formula is C23H26F3N3O4. The lowest BCUT2D eigenvalue weighted by Crippen LogP contribution is -2.49. The first-order valence-electron chi connectivity index (χ1n) is 10.6. The third-order valence-corrected chi connectivity index (χ3v) is 5.34. The Morgan fingerprint density at radius 3 is 2.30 bits per heavy atom. The summed E-state index contributed by atoms with van der Waals surface area (Å²) < 4.78 is 46.7. The van der Waals surface area contributed by atoms with E-state index >= 15 is 0 Å². The number of carbonyl (C=O) groups excluding carboxylic acids is 2. The van der Waals surface area contributed by atoms with E-state index in [9.17, 15) is 22.8 Å². The van der Waals surface area contributed by atoms with Crippen molar-refractivity contribution in [1.29, 1.82) is 0 Å². The maximum atomic E-state index is 12.6. The van der Waals surface area contributed by atoms with E-state index in [2.05, 4.69) is 15.0 Å². The number of likely N-dealkylation sites (tertiary alicyclic amines) is 1. The van der Waals surface area contributed by atoms with Crippen LogP contribution in [0.2, 0.25) is 0 Å². The van der Waals surface area contributed by atoms with Crippen LogP contribution in [0.5, 0.6) is 11.6 Å². The second-order valence-corrected chi connectivity index (χ2v) is 7.99. The molecule has 2 amide bonds. The molecular weight excluding hydrogens is 439 g/mol. The Kier molecular flexibility index (Phi) is 7.78. The number of nitrogens with zero attached hydrogens (tertiary/aromatic N) is 2. The minimum Gasteiger partial charge on any atom is -0.484 e. The van der Waals surface area contributed by atoms with Crippen LogP contribution in [0.4, 0.5) is 18.9 Å². The monoisotopic (exact) mass is 465 g/mol. The molecule has 7 nitrogen and oxygen atoms in total. The van der Waals surface area contributed by atoms with Gasteiger partial charge in [0, 0.05) is 23.7 Å². The van der Waals surface area contributed by atoms with E-state index in [4.69, 9.17) is 4.74 Å². The van der Waals surface area contributed by atoms with Gasteiger partial charge in [0.15, 0.2) is 13.2 Å². The van der Waals surface area contributed by atoms with Gasteiger partial charge < -0.3 is 19.7 Å². The van der Waals surface area contributed by atoms with Crippen molar-refractivity contribution < 1.29 is 32.2 Å². The summed E-state index contributed by atoms with van der Waals surface area (Å²) in [7, 11) is 0. The number of anilines is 1. The highest BCUT2D eigenvalue weighted by atomic mass is 19.4. The van der Waals surface area contributed by atoms with Crippen LogP contribution in [0.25, 0.3) is 0 Å². The zero-order valence-electron chi connectivity index (χ0n) is 18.4. The molecule has 2 atom stereocenters. The smallest absolute Gasteiger partial charge is 0.422 e. The number of carbonyl (C=O) groups is 2. The number of amides is 2. The average molecular weight is 465 g/mol. The molecule has 1 saturated heterocycles. The van der Waals surface area contributed by atoms with Crippen LogP contribution in [-0.2, 0) is 4.79 Å². The fraction of sp³-hybridized carbons (Fsp3) is 0.435. The lowest BCUT2D eigenvalue weighted by atomic mass is 9.97. The largest absolute Gasteiger partial charge is 0.484 e. The predicted molar refractivity (Wildman–Crippen MR) is 115 cm³/mol. The van der Waals surface area contributed by atoms with Gasteiger partial charge in [0.05, 0.1) is 11.9 Å². The van der Waals surface area contributed by atoms with Crippen LogP contribution in [0.15, 0.2) is 42.6 Å². The van der Waals surface area contributed by atoms with Crippen LogP contribution < -0.4 is 14.8 Å². The third-order valence-electron chi connectivity index (χ3n) is 5.34. The summed E-state index contributed by atoms with van der Waals surface area (Å²) in [5.74, 6) is -0.231. The van der Waals surface area contributed by atoms with Crippen molar-refractivity contribution in [2.24, 2.45) is 0 Å². The van der Waals surface area contributed by atoms with Crippen molar-refractivity contribution in [1.82, 2.24) is 9.88 Å². The molecule has 178 valence electrons. The number of halogens is 3. The van der Waals surface area contributed by atoms with Gasteiger partial charge in [-0.3, -0.25) is 9.59 Å². The molecule has 3 rings (SSSR count). The molecule has 1 N–H and O–H groups in total. The normalized spacial score (nSPS) is 18.5. The molecule has 33 heavy (non-hydrogen) atoms. The minimum atomic E-state index is -4.46. The highest BCUT2D eigenvalue weighted by Gasteiger charge is 2.29. The molecule has 2 aromatic rings. The quantitative estimate of drug-likeness (QED) is 0.654. The van der Waals surface area contributed by atoms with E-state index in [0.717, 1.165) is 19.3 Å². The number of hydrogen-bond donors (Lipinski definition) is 1. The van der Waals surface area contributed by atoms with Crippen LogP contribution in [-0.4, -0.2) is 53.2 Å².